The number of nitrogens with one attached hydrogen (secondary N) is 1. The summed E-state index contributed by atoms with van der Waals surface area (Å²) in [5, 5.41) is 2.73. The third-order valence-corrected chi connectivity index (χ3v) is 2.85. The molecular weight excluding hydrogens is 204 g/mol. The maximum Gasteiger partial charge on any atom is 0.254 e. The number of para-hydroxylation sites is 1. The zero-order valence-corrected chi connectivity index (χ0v) is 9.36. The van der Waals surface area contributed by atoms with Gasteiger partial charge in [-0.3, -0.25) is 9.59 Å². The second kappa shape index (κ2) is 3.96. The molecular formula is C12H14N2O2. The number of rotatable bonds is 1. The molecule has 1 heterocycles. The molecule has 2 amide bonds. The lowest BCUT2D eigenvalue weighted by Crippen LogP contribution is -2.43. The van der Waals surface area contributed by atoms with E-state index in [0.29, 0.717) is 17.7 Å². The largest absolute Gasteiger partial charge is 0.340 e. The van der Waals surface area contributed by atoms with Gasteiger partial charge in [-0.2, -0.15) is 0 Å². The van der Waals surface area contributed by atoms with Gasteiger partial charge in [0.2, 0.25) is 5.91 Å². The van der Waals surface area contributed by atoms with Gasteiger partial charge >= 0.3 is 0 Å². The number of nitrogens with zero attached hydrogens (tertiary/aromatic N) is 1. The Morgan fingerprint density at radius 3 is 2.69 bits per heavy atom. The quantitative estimate of drug-likeness (QED) is 0.769. The van der Waals surface area contributed by atoms with Crippen LogP contribution in [-0.2, 0) is 4.79 Å². The highest BCUT2D eigenvalue weighted by Crippen LogP contribution is 2.23. The van der Waals surface area contributed by atoms with Crippen LogP contribution in [-0.4, -0.2) is 24.9 Å². The Bertz CT molecular complexity index is 442. The highest BCUT2D eigenvalue weighted by molar-refractivity contribution is 6.10. The van der Waals surface area contributed by atoms with Crippen LogP contribution in [0.3, 0.4) is 0 Å². The van der Waals surface area contributed by atoms with Crippen molar-refractivity contribution in [3.05, 3.63) is 29.8 Å². The van der Waals surface area contributed by atoms with Crippen molar-refractivity contribution in [1.82, 2.24) is 5.32 Å². The Labute approximate surface area is 94.2 Å². The molecule has 0 saturated carbocycles. The fraction of sp³-hybridized carbons (Fsp3) is 0.333. The molecule has 84 valence electrons. The van der Waals surface area contributed by atoms with Crippen molar-refractivity contribution in [1.29, 1.82) is 0 Å². The number of carbonyl (C=O) groups is 2. The molecule has 1 aromatic rings. The zero-order valence-electron chi connectivity index (χ0n) is 9.36. The van der Waals surface area contributed by atoms with Crippen LogP contribution in [0.2, 0.25) is 0 Å². The lowest BCUT2D eigenvalue weighted by Gasteiger charge is -2.19. The molecule has 0 bridgehead atoms. The second-order valence-electron chi connectivity index (χ2n) is 3.85. The van der Waals surface area contributed by atoms with Gasteiger partial charge in [0, 0.05) is 7.05 Å². The van der Waals surface area contributed by atoms with Crippen LogP contribution in [0.15, 0.2) is 24.3 Å². The molecule has 1 N–H and O–H groups in total. The van der Waals surface area contributed by atoms with Gasteiger partial charge < -0.3 is 10.2 Å². The van der Waals surface area contributed by atoms with E-state index in [2.05, 4.69) is 5.32 Å². The van der Waals surface area contributed by atoms with Gasteiger partial charge in [-0.15, -0.1) is 0 Å². The Kier molecular flexibility index (Phi) is 2.64. The molecule has 4 nitrogen and oxygen atoms in total. The number of benzene rings is 1. The minimum atomic E-state index is -0.426. The fourth-order valence-corrected chi connectivity index (χ4v) is 1.89. The average molecular weight is 218 g/mol. The molecule has 0 aromatic heterocycles. The summed E-state index contributed by atoms with van der Waals surface area (Å²) in [6, 6.07) is 6.70. The Morgan fingerprint density at radius 1 is 1.31 bits per heavy atom. The third kappa shape index (κ3) is 1.56. The van der Waals surface area contributed by atoms with E-state index in [0.717, 1.165) is 0 Å². The van der Waals surface area contributed by atoms with Crippen molar-refractivity contribution in [3.8, 4) is 0 Å². The molecule has 4 heteroatoms. The summed E-state index contributed by atoms with van der Waals surface area (Å²) in [6.45, 7) is 1.88. The number of fused-ring (bicyclic) bond motifs is 1. The molecule has 0 radical (unpaired) electrons. The van der Waals surface area contributed by atoms with E-state index in [9.17, 15) is 9.59 Å². The molecule has 1 aliphatic rings. The van der Waals surface area contributed by atoms with Crippen LogP contribution < -0.4 is 10.2 Å². The number of carbonyl (C=O) groups excluding carboxylic acids is 2. The first-order valence-electron chi connectivity index (χ1n) is 5.32. The van der Waals surface area contributed by atoms with Crippen LogP contribution >= 0.6 is 0 Å². The van der Waals surface area contributed by atoms with Crippen molar-refractivity contribution in [2.75, 3.05) is 11.9 Å². The number of hydrogen-bond acceptors (Lipinski definition) is 2. The van der Waals surface area contributed by atoms with E-state index in [1.807, 2.05) is 13.0 Å². The first-order chi connectivity index (χ1) is 7.65. The van der Waals surface area contributed by atoms with Crippen molar-refractivity contribution >= 4 is 17.5 Å². The van der Waals surface area contributed by atoms with Gasteiger partial charge in [0.25, 0.3) is 5.91 Å². The van der Waals surface area contributed by atoms with Gasteiger partial charge in [0.15, 0.2) is 0 Å². The lowest BCUT2D eigenvalue weighted by atomic mass is 10.1. The number of hydrogen-bond donors (Lipinski definition) is 1. The SMILES string of the molecule is CC[C@H]1NC(=O)c2ccccc2N(C)C1=O. The molecule has 1 aromatic carbocycles. The van der Waals surface area contributed by atoms with E-state index in [1.165, 1.54) is 0 Å². The standard InChI is InChI=1S/C12H14N2O2/c1-3-9-12(16)14(2)10-7-5-4-6-8(10)11(15)13-9/h4-7,9H,3H2,1-2H3,(H,13,15)/t9-/m1/s1. The Morgan fingerprint density at radius 2 is 2.00 bits per heavy atom. The fourth-order valence-electron chi connectivity index (χ4n) is 1.89. The van der Waals surface area contributed by atoms with Crippen LogP contribution in [0, 0.1) is 0 Å². The van der Waals surface area contributed by atoms with Gasteiger partial charge in [0.1, 0.15) is 6.04 Å². The molecule has 0 unspecified atom stereocenters. The maximum absolute atomic E-state index is 12.0. The molecule has 0 spiro atoms. The normalized spacial score (nSPS) is 20.1. The highest BCUT2D eigenvalue weighted by Gasteiger charge is 2.29. The van der Waals surface area contributed by atoms with Gasteiger partial charge in [-0.25, -0.2) is 0 Å². The van der Waals surface area contributed by atoms with Gasteiger partial charge in [-0.1, -0.05) is 19.1 Å². The average Bonchev–Trinajstić information content (AvgIpc) is 2.41. The molecule has 0 fully saturated rings. The highest BCUT2D eigenvalue weighted by atomic mass is 16.2. The van der Waals surface area contributed by atoms with Crippen LogP contribution in [0.1, 0.15) is 23.7 Å². The minimum Gasteiger partial charge on any atom is -0.340 e. The van der Waals surface area contributed by atoms with Crippen molar-refractivity contribution < 1.29 is 9.59 Å². The minimum absolute atomic E-state index is 0.0687. The van der Waals surface area contributed by atoms with Crippen molar-refractivity contribution in [2.45, 2.75) is 19.4 Å². The van der Waals surface area contributed by atoms with E-state index in [1.54, 1.807) is 30.1 Å². The second-order valence-corrected chi connectivity index (χ2v) is 3.85. The van der Waals surface area contributed by atoms with E-state index >= 15 is 0 Å². The Balaban J connectivity index is 2.51. The molecule has 1 aliphatic heterocycles. The molecule has 0 aliphatic carbocycles. The van der Waals surface area contributed by atoms with Crippen LogP contribution in [0.5, 0.6) is 0 Å². The Hall–Kier alpha value is -1.84. The number of anilines is 1. The van der Waals surface area contributed by atoms with E-state index < -0.39 is 6.04 Å². The van der Waals surface area contributed by atoms with E-state index in [-0.39, 0.29) is 11.8 Å². The molecule has 2 rings (SSSR count). The summed E-state index contributed by atoms with van der Waals surface area (Å²) in [4.78, 5) is 25.4. The van der Waals surface area contributed by atoms with Gasteiger partial charge in [0.05, 0.1) is 11.3 Å². The summed E-state index contributed by atoms with van der Waals surface area (Å²) in [5.41, 5.74) is 1.22. The lowest BCUT2D eigenvalue weighted by molar-refractivity contribution is -0.120. The maximum atomic E-state index is 12.0. The van der Waals surface area contributed by atoms with Gasteiger partial charge in [-0.05, 0) is 18.6 Å². The predicted octanol–water partition coefficient (Wildman–Crippen LogP) is 1.17. The van der Waals surface area contributed by atoms with Crippen molar-refractivity contribution in [2.24, 2.45) is 0 Å². The zero-order chi connectivity index (χ0) is 11.7. The summed E-state index contributed by atoms with van der Waals surface area (Å²) in [5.74, 6) is -0.249. The smallest absolute Gasteiger partial charge is 0.254 e. The van der Waals surface area contributed by atoms with E-state index in [4.69, 9.17) is 0 Å². The summed E-state index contributed by atoms with van der Waals surface area (Å²) >= 11 is 0. The van der Waals surface area contributed by atoms with Crippen LogP contribution in [0.4, 0.5) is 5.69 Å². The van der Waals surface area contributed by atoms with Crippen LogP contribution in [0.25, 0.3) is 0 Å². The predicted molar refractivity (Wildman–Crippen MR) is 61.4 cm³/mol. The molecule has 0 saturated heterocycles. The first kappa shape index (κ1) is 10.7. The first-order valence-corrected chi connectivity index (χ1v) is 5.32. The molecule has 16 heavy (non-hydrogen) atoms. The number of amides is 2. The summed E-state index contributed by atoms with van der Waals surface area (Å²) in [6.07, 6.45) is 0.600. The number of likely N-dealkylation sites (N-methyl/N-ethyl adjacent to an activating group) is 1. The summed E-state index contributed by atoms with van der Waals surface area (Å²) < 4.78 is 0. The topological polar surface area (TPSA) is 49.4 Å². The van der Waals surface area contributed by atoms with Crippen molar-refractivity contribution in [3.63, 3.8) is 0 Å². The molecule has 1 atom stereocenters. The summed E-state index contributed by atoms with van der Waals surface area (Å²) in [7, 11) is 1.70. The monoisotopic (exact) mass is 218 g/mol. The third-order valence-electron chi connectivity index (χ3n) is 2.85.